The van der Waals surface area contributed by atoms with E-state index in [-0.39, 0.29) is 30.5 Å². The van der Waals surface area contributed by atoms with Crippen LogP contribution in [0.15, 0.2) is 60.9 Å². The summed E-state index contributed by atoms with van der Waals surface area (Å²) in [6.07, 6.45) is 3.55. The number of aromatic nitrogens is 2. The molecule has 3 aromatic rings. The van der Waals surface area contributed by atoms with Crippen molar-refractivity contribution in [2.45, 2.75) is 19.5 Å². The number of anilines is 1. The molecule has 1 unspecified atom stereocenters. The third kappa shape index (κ3) is 4.22. The van der Waals surface area contributed by atoms with Crippen molar-refractivity contribution in [2.24, 2.45) is 5.92 Å². The van der Waals surface area contributed by atoms with Gasteiger partial charge in [-0.05, 0) is 29.3 Å². The number of halogens is 2. The Morgan fingerprint density at radius 2 is 1.93 bits per heavy atom. The fraction of sp³-hybridized carbons (Fsp3) is 0.227. The normalized spacial score (nSPS) is 16.1. The predicted octanol–water partition coefficient (Wildman–Crippen LogP) is 2.88. The zero-order valence-electron chi connectivity index (χ0n) is 16.1. The van der Waals surface area contributed by atoms with Crippen molar-refractivity contribution in [3.05, 3.63) is 83.7 Å². The van der Waals surface area contributed by atoms with Gasteiger partial charge in [0.2, 0.25) is 11.8 Å². The highest BCUT2D eigenvalue weighted by Gasteiger charge is 2.36. The van der Waals surface area contributed by atoms with Gasteiger partial charge in [-0.25, -0.2) is 8.78 Å². The Kier molecular flexibility index (Phi) is 5.56. The molecule has 4 rings (SSSR count). The van der Waals surface area contributed by atoms with E-state index in [9.17, 15) is 18.4 Å². The molecule has 1 aliphatic rings. The molecule has 6 nitrogen and oxygen atoms in total. The number of amides is 2. The van der Waals surface area contributed by atoms with E-state index in [0.29, 0.717) is 13.1 Å². The van der Waals surface area contributed by atoms with Crippen molar-refractivity contribution in [3.63, 3.8) is 0 Å². The highest BCUT2D eigenvalue weighted by atomic mass is 19.1. The second kappa shape index (κ2) is 8.44. The lowest BCUT2D eigenvalue weighted by atomic mass is 10.1. The van der Waals surface area contributed by atoms with Crippen LogP contribution in [-0.2, 0) is 22.7 Å². The fourth-order valence-corrected chi connectivity index (χ4v) is 3.60. The van der Waals surface area contributed by atoms with Crippen molar-refractivity contribution in [1.29, 1.82) is 0 Å². The molecule has 1 saturated heterocycles. The zero-order valence-corrected chi connectivity index (χ0v) is 16.1. The maximum Gasteiger partial charge on any atom is 0.227 e. The summed E-state index contributed by atoms with van der Waals surface area (Å²) in [5.41, 5.74) is 1.97. The van der Waals surface area contributed by atoms with Crippen LogP contribution in [0.4, 0.5) is 14.5 Å². The first-order valence-electron chi connectivity index (χ1n) is 9.58. The summed E-state index contributed by atoms with van der Waals surface area (Å²) < 4.78 is 29.0. The average Bonchev–Trinajstić information content (AvgIpc) is 3.37. The second-order valence-corrected chi connectivity index (χ2v) is 7.19. The number of hydrogen-bond donors (Lipinski definition) is 1. The highest BCUT2D eigenvalue weighted by Crippen LogP contribution is 2.28. The average molecular weight is 410 g/mol. The Morgan fingerprint density at radius 3 is 2.67 bits per heavy atom. The lowest BCUT2D eigenvalue weighted by Crippen LogP contribution is -2.33. The quantitative estimate of drug-likeness (QED) is 0.680. The van der Waals surface area contributed by atoms with Crippen LogP contribution >= 0.6 is 0 Å². The van der Waals surface area contributed by atoms with Gasteiger partial charge in [-0.2, -0.15) is 5.10 Å². The van der Waals surface area contributed by atoms with Gasteiger partial charge in [0.15, 0.2) is 0 Å². The molecule has 30 heavy (non-hydrogen) atoms. The standard InChI is InChI=1S/C22H20F2N4O2/c23-18-6-7-20(19(24)11-18)28-14-17(10-21(28)29)22(30)25-12-15-4-1-2-5-16(15)13-27-9-3-8-26-27/h1-9,11,17H,10,12-14H2,(H,25,30). The summed E-state index contributed by atoms with van der Waals surface area (Å²) in [6.45, 7) is 0.951. The van der Waals surface area contributed by atoms with Gasteiger partial charge in [0.25, 0.3) is 0 Å². The van der Waals surface area contributed by atoms with Gasteiger partial charge in [-0.15, -0.1) is 0 Å². The second-order valence-electron chi connectivity index (χ2n) is 7.19. The molecule has 2 amide bonds. The number of rotatable bonds is 6. The van der Waals surface area contributed by atoms with Crippen molar-refractivity contribution < 1.29 is 18.4 Å². The monoisotopic (exact) mass is 410 g/mol. The maximum absolute atomic E-state index is 14.0. The summed E-state index contributed by atoms with van der Waals surface area (Å²) >= 11 is 0. The van der Waals surface area contributed by atoms with Gasteiger partial charge < -0.3 is 10.2 Å². The Morgan fingerprint density at radius 1 is 1.13 bits per heavy atom. The first kappa shape index (κ1) is 19.8. The Hall–Kier alpha value is -3.55. The number of carbonyl (C=O) groups excluding carboxylic acids is 2. The van der Waals surface area contributed by atoms with E-state index in [1.165, 1.54) is 11.0 Å². The number of carbonyl (C=O) groups is 2. The minimum absolute atomic E-state index is 0.0127. The molecule has 2 heterocycles. The summed E-state index contributed by atoms with van der Waals surface area (Å²) in [5.74, 6) is -2.77. The highest BCUT2D eigenvalue weighted by molar-refractivity contribution is 6.00. The number of hydrogen-bond acceptors (Lipinski definition) is 3. The minimum Gasteiger partial charge on any atom is -0.352 e. The molecule has 1 N–H and O–H groups in total. The van der Waals surface area contributed by atoms with Crippen LogP contribution in [0, 0.1) is 17.6 Å². The van der Waals surface area contributed by atoms with Crippen LogP contribution in [0.25, 0.3) is 0 Å². The summed E-state index contributed by atoms with van der Waals surface area (Å²) in [4.78, 5) is 26.2. The molecular weight excluding hydrogens is 390 g/mol. The smallest absolute Gasteiger partial charge is 0.227 e. The van der Waals surface area contributed by atoms with E-state index in [4.69, 9.17) is 0 Å². The lowest BCUT2D eigenvalue weighted by molar-refractivity contribution is -0.126. The van der Waals surface area contributed by atoms with Crippen LogP contribution in [0.3, 0.4) is 0 Å². The van der Waals surface area contributed by atoms with E-state index in [1.54, 1.807) is 10.9 Å². The van der Waals surface area contributed by atoms with E-state index in [2.05, 4.69) is 10.4 Å². The molecule has 1 aromatic heterocycles. The number of nitrogens with zero attached hydrogens (tertiary/aromatic N) is 3. The third-order valence-electron chi connectivity index (χ3n) is 5.16. The molecule has 0 aliphatic carbocycles. The lowest BCUT2D eigenvalue weighted by Gasteiger charge is -2.17. The Bertz CT molecular complexity index is 1070. The molecular formula is C22H20F2N4O2. The molecule has 154 valence electrons. The molecule has 0 bridgehead atoms. The van der Waals surface area contributed by atoms with E-state index in [0.717, 1.165) is 23.3 Å². The SMILES string of the molecule is O=C(NCc1ccccc1Cn1cccn1)C1CC(=O)N(c2ccc(F)cc2F)C1. The largest absolute Gasteiger partial charge is 0.352 e. The van der Waals surface area contributed by atoms with Crippen LogP contribution < -0.4 is 10.2 Å². The summed E-state index contributed by atoms with van der Waals surface area (Å²) in [6, 6.07) is 12.6. The number of benzene rings is 2. The Labute approximate surface area is 172 Å². The predicted molar refractivity (Wildman–Crippen MR) is 106 cm³/mol. The molecule has 8 heteroatoms. The molecule has 1 fully saturated rings. The van der Waals surface area contributed by atoms with Crippen molar-refractivity contribution in [3.8, 4) is 0 Å². The van der Waals surface area contributed by atoms with Crippen LogP contribution in [0.1, 0.15) is 17.5 Å². The molecule has 1 atom stereocenters. The van der Waals surface area contributed by atoms with Gasteiger partial charge in [0.05, 0.1) is 18.2 Å². The fourth-order valence-electron chi connectivity index (χ4n) is 3.60. The molecule has 0 saturated carbocycles. The molecule has 1 aliphatic heterocycles. The summed E-state index contributed by atoms with van der Waals surface area (Å²) in [7, 11) is 0. The van der Waals surface area contributed by atoms with E-state index < -0.39 is 17.6 Å². The Balaban J connectivity index is 1.40. The van der Waals surface area contributed by atoms with Gasteiger partial charge in [-0.3, -0.25) is 14.3 Å². The van der Waals surface area contributed by atoms with Gasteiger partial charge in [0, 0.05) is 38.0 Å². The summed E-state index contributed by atoms with van der Waals surface area (Å²) in [5, 5.41) is 7.08. The zero-order chi connectivity index (χ0) is 21.1. The van der Waals surface area contributed by atoms with Crippen LogP contribution in [-0.4, -0.2) is 28.1 Å². The topological polar surface area (TPSA) is 67.2 Å². The van der Waals surface area contributed by atoms with Crippen LogP contribution in [0.5, 0.6) is 0 Å². The molecule has 0 spiro atoms. The number of nitrogens with one attached hydrogen (secondary N) is 1. The molecule has 0 radical (unpaired) electrons. The van der Waals surface area contributed by atoms with Crippen molar-refractivity contribution >= 4 is 17.5 Å². The van der Waals surface area contributed by atoms with Gasteiger partial charge in [0.1, 0.15) is 11.6 Å². The molecule has 2 aromatic carbocycles. The minimum atomic E-state index is -0.822. The first-order chi connectivity index (χ1) is 14.5. The first-order valence-corrected chi connectivity index (χ1v) is 9.58. The van der Waals surface area contributed by atoms with Gasteiger partial charge >= 0.3 is 0 Å². The van der Waals surface area contributed by atoms with Crippen LogP contribution in [0.2, 0.25) is 0 Å². The third-order valence-corrected chi connectivity index (χ3v) is 5.16. The van der Waals surface area contributed by atoms with E-state index in [1.807, 2.05) is 36.5 Å². The van der Waals surface area contributed by atoms with E-state index >= 15 is 0 Å². The van der Waals surface area contributed by atoms with Gasteiger partial charge in [-0.1, -0.05) is 24.3 Å². The maximum atomic E-state index is 14.0. The van der Waals surface area contributed by atoms with Crippen molar-refractivity contribution in [1.82, 2.24) is 15.1 Å². The van der Waals surface area contributed by atoms with Crippen molar-refractivity contribution in [2.75, 3.05) is 11.4 Å².